The van der Waals surface area contributed by atoms with Crippen LogP contribution in [0.15, 0.2) is 28.7 Å². The van der Waals surface area contributed by atoms with Gasteiger partial charge in [0.05, 0.1) is 6.10 Å². The van der Waals surface area contributed by atoms with Gasteiger partial charge in [-0.25, -0.2) is 0 Å². The molecule has 1 aromatic rings. The lowest BCUT2D eigenvalue weighted by Gasteiger charge is -2.17. The first kappa shape index (κ1) is 12.7. The van der Waals surface area contributed by atoms with Gasteiger partial charge in [-0.2, -0.15) is 0 Å². The summed E-state index contributed by atoms with van der Waals surface area (Å²) in [5.74, 6) is 0. The van der Waals surface area contributed by atoms with E-state index in [1.807, 2.05) is 25.1 Å². The van der Waals surface area contributed by atoms with Crippen LogP contribution in [0.3, 0.4) is 0 Å². The first-order valence-electron chi connectivity index (χ1n) is 5.31. The Bertz CT molecular complexity index is 303. The molecule has 3 heteroatoms. The number of rotatable bonds is 5. The predicted molar refractivity (Wildman–Crippen MR) is 66.9 cm³/mol. The smallest absolute Gasteiger partial charge is 0.0662 e. The van der Waals surface area contributed by atoms with Crippen LogP contribution in [0.5, 0.6) is 0 Å². The number of benzene rings is 1. The summed E-state index contributed by atoms with van der Waals surface area (Å²) < 4.78 is 1.11. The van der Waals surface area contributed by atoms with Crippen molar-refractivity contribution in [2.24, 2.45) is 0 Å². The van der Waals surface area contributed by atoms with Crippen molar-refractivity contribution in [2.75, 3.05) is 6.54 Å². The van der Waals surface area contributed by atoms with Crippen LogP contribution in [0, 0.1) is 0 Å². The molecule has 1 aromatic carbocycles. The van der Waals surface area contributed by atoms with Crippen LogP contribution in [-0.2, 0) is 0 Å². The standard InChI is InChI=1S/C12H18BrNO/c1-3-10(15)8-14-9(2)11-6-4-5-7-12(11)13/h4-7,9-10,14-15H,3,8H2,1-2H3. The van der Waals surface area contributed by atoms with E-state index in [0.29, 0.717) is 6.54 Å². The minimum Gasteiger partial charge on any atom is -0.392 e. The topological polar surface area (TPSA) is 32.3 Å². The van der Waals surface area contributed by atoms with E-state index in [1.165, 1.54) is 5.56 Å². The van der Waals surface area contributed by atoms with Gasteiger partial charge in [0, 0.05) is 17.1 Å². The molecule has 0 aliphatic rings. The maximum Gasteiger partial charge on any atom is 0.0662 e. The molecule has 15 heavy (non-hydrogen) atoms. The van der Waals surface area contributed by atoms with E-state index in [-0.39, 0.29) is 12.1 Å². The average molecular weight is 272 g/mol. The quantitative estimate of drug-likeness (QED) is 0.863. The summed E-state index contributed by atoms with van der Waals surface area (Å²) in [5, 5.41) is 12.8. The van der Waals surface area contributed by atoms with Gasteiger partial charge in [-0.1, -0.05) is 41.1 Å². The lowest BCUT2D eigenvalue weighted by molar-refractivity contribution is 0.163. The van der Waals surface area contributed by atoms with Crippen molar-refractivity contribution < 1.29 is 5.11 Å². The SMILES string of the molecule is CCC(O)CNC(C)c1ccccc1Br. The molecule has 2 N–H and O–H groups in total. The van der Waals surface area contributed by atoms with E-state index in [2.05, 4.69) is 34.2 Å². The minimum atomic E-state index is -0.255. The molecular weight excluding hydrogens is 254 g/mol. The second-order valence-electron chi connectivity index (χ2n) is 3.71. The highest BCUT2D eigenvalue weighted by atomic mass is 79.9. The molecule has 0 saturated carbocycles. The van der Waals surface area contributed by atoms with Gasteiger partial charge in [-0.3, -0.25) is 0 Å². The molecule has 1 rings (SSSR count). The number of hydrogen-bond donors (Lipinski definition) is 2. The molecule has 0 spiro atoms. The largest absolute Gasteiger partial charge is 0.392 e. The Balaban J connectivity index is 2.54. The van der Waals surface area contributed by atoms with Gasteiger partial charge in [0.1, 0.15) is 0 Å². The summed E-state index contributed by atoms with van der Waals surface area (Å²) >= 11 is 3.52. The molecule has 84 valence electrons. The van der Waals surface area contributed by atoms with Crippen molar-refractivity contribution in [1.29, 1.82) is 0 Å². The van der Waals surface area contributed by atoms with Crippen LogP contribution in [0.1, 0.15) is 31.9 Å². The third-order valence-electron chi connectivity index (χ3n) is 2.50. The van der Waals surface area contributed by atoms with Crippen molar-refractivity contribution in [2.45, 2.75) is 32.4 Å². The molecule has 0 fully saturated rings. The fraction of sp³-hybridized carbons (Fsp3) is 0.500. The van der Waals surface area contributed by atoms with Crippen LogP contribution >= 0.6 is 15.9 Å². The van der Waals surface area contributed by atoms with Crippen LogP contribution in [0.4, 0.5) is 0 Å². The predicted octanol–water partition coefficient (Wildman–Crippen LogP) is 2.87. The normalized spacial score (nSPS) is 14.9. The summed E-state index contributed by atoms with van der Waals surface area (Å²) in [6.07, 6.45) is 0.533. The Labute approximate surface area is 99.8 Å². The van der Waals surface area contributed by atoms with Gasteiger partial charge in [0.25, 0.3) is 0 Å². The van der Waals surface area contributed by atoms with Crippen molar-refractivity contribution in [1.82, 2.24) is 5.32 Å². The Morgan fingerprint density at radius 3 is 2.67 bits per heavy atom. The molecule has 0 bridgehead atoms. The Kier molecular flexibility index (Phi) is 5.29. The van der Waals surface area contributed by atoms with Crippen molar-refractivity contribution in [3.63, 3.8) is 0 Å². The van der Waals surface area contributed by atoms with Gasteiger partial charge in [0.2, 0.25) is 0 Å². The van der Waals surface area contributed by atoms with Crippen LogP contribution < -0.4 is 5.32 Å². The molecule has 0 aliphatic carbocycles. The number of hydrogen-bond acceptors (Lipinski definition) is 2. The number of aliphatic hydroxyl groups excluding tert-OH is 1. The number of halogens is 1. The summed E-state index contributed by atoms with van der Waals surface area (Å²) in [6.45, 7) is 4.72. The molecular formula is C12H18BrNO. The zero-order valence-corrected chi connectivity index (χ0v) is 10.8. The van der Waals surface area contributed by atoms with Crippen molar-refractivity contribution in [3.8, 4) is 0 Å². The van der Waals surface area contributed by atoms with Crippen LogP contribution in [0.25, 0.3) is 0 Å². The van der Waals surface area contributed by atoms with Gasteiger partial charge in [-0.15, -0.1) is 0 Å². The van der Waals surface area contributed by atoms with E-state index in [0.717, 1.165) is 10.9 Å². The maximum absolute atomic E-state index is 9.45. The average Bonchev–Trinajstić information content (AvgIpc) is 2.26. The Morgan fingerprint density at radius 1 is 1.40 bits per heavy atom. The highest BCUT2D eigenvalue weighted by Gasteiger charge is 2.09. The zero-order chi connectivity index (χ0) is 11.3. The van der Waals surface area contributed by atoms with Crippen LogP contribution in [0.2, 0.25) is 0 Å². The molecule has 0 saturated heterocycles. The number of aliphatic hydroxyl groups is 1. The lowest BCUT2D eigenvalue weighted by Crippen LogP contribution is -2.28. The summed E-state index contributed by atoms with van der Waals surface area (Å²) in [5.41, 5.74) is 1.22. The zero-order valence-electron chi connectivity index (χ0n) is 9.20. The monoisotopic (exact) mass is 271 g/mol. The summed E-state index contributed by atoms with van der Waals surface area (Å²) in [7, 11) is 0. The van der Waals surface area contributed by atoms with Crippen molar-refractivity contribution in [3.05, 3.63) is 34.3 Å². The molecule has 0 amide bonds. The molecule has 0 aromatic heterocycles. The van der Waals surface area contributed by atoms with E-state index >= 15 is 0 Å². The summed E-state index contributed by atoms with van der Waals surface area (Å²) in [4.78, 5) is 0. The molecule has 0 aliphatic heterocycles. The first-order chi connectivity index (χ1) is 7.15. The van der Waals surface area contributed by atoms with Gasteiger partial charge in [0.15, 0.2) is 0 Å². The van der Waals surface area contributed by atoms with E-state index in [1.54, 1.807) is 0 Å². The maximum atomic E-state index is 9.45. The molecule has 2 atom stereocenters. The lowest BCUT2D eigenvalue weighted by atomic mass is 10.1. The van der Waals surface area contributed by atoms with Crippen molar-refractivity contribution >= 4 is 15.9 Å². The highest BCUT2D eigenvalue weighted by Crippen LogP contribution is 2.22. The van der Waals surface area contributed by atoms with Crippen LogP contribution in [-0.4, -0.2) is 17.8 Å². The second-order valence-corrected chi connectivity index (χ2v) is 4.57. The Hall–Kier alpha value is -0.380. The fourth-order valence-electron chi connectivity index (χ4n) is 1.39. The molecule has 0 radical (unpaired) electrons. The van der Waals surface area contributed by atoms with Gasteiger partial charge >= 0.3 is 0 Å². The first-order valence-corrected chi connectivity index (χ1v) is 6.10. The van der Waals surface area contributed by atoms with E-state index < -0.39 is 0 Å². The van der Waals surface area contributed by atoms with E-state index in [4.69, 9.17) is 0 Å². The second kappa shape index (κ2) is 6.26. The third-order valence-corrected chi connectivity index (χ3v) is 3.22. The molecule has 2 unspecified atom stereocenters. The minimum absolute atomic E-state index is 0.252. The van der Waals surface area contributed by atoms with Gasteiger partial charge in [-0.05, 0) is 25.0 Å². The summed E-state index contributed by atoms with van der Waals surface area (Å²) in [6, 6.07) is 8.39. The molecule has 0 heterocycles. The third kappa shape index (κ3) is 3.93. The fourth-order valence-corrected chi connectivity index (χ4v) is 2.02. The van der Waals surface area contributed by atoms with Gasteiger partial charge < -0.3 is 10.4 Å². The Morgan fingerprint density at radius 2 is 2.07 bits per heavy atom. The molecule has 2 nitrogen and oxygen atoms in total. The highest BCUT2D eigenvalue weighted by molar-refractivity contribution is 9.10. The number of nitrogens with one attached hydrogen (secondary N) is 1. The van der Waals surface area contributed by atoms with E-state index in [9.17, 15) is 5.11 Å².